The summed E-state index contributed by atoms with van der Waals surface area (Å²) in [7, 11) is 0. The number of rotatable bonds is 2. The summed E-state index contributed by atoms with van der Waals surface area (Å²) in [6.45, 7) is 1.82. The Bertz CT molecular complexity index is 585. The van der Waals surface area contributed by atoms with Gasteiger partial charge in [0.15, 0.2) is 0 Å². The minimum atomic E-state index is 0.459. The van der Waals surface area contributed by atoms with Gasteiger partial charge < -0.3 is 0 Å². The van der Waals surface area contributed by atoms with Crippen molar-refractivity contribution < 1.29 is 0 Å². The topological polar surface area (TPSA) is 46.0 Å². The summed E-state index contributed by atoms with van der Waals surface area (Å²) in [6.07, 6.45) is 1.65. The van der Waals surface area contributed by atoms with Crippen LogP contribution in [-0.4, -0.2) is 21.1 Å². The van der Waals surface area contributed by atoms with Crippen molar-refractivity contribution in [2.75, 3.05) is 0 Å². The van der Waals surface area contributed by atoms with Crippen LogP contribution in [-0.2, 0) is 0 Å². The number of benzene rings is 1. The molecular formula is C10H9ClN4S. The Morgan fingerprint density at radius 2 is 2.25 bits per heavy atom. The van der Waals surface area contributed by atoms with E-state index in [1.165, 1.54) is 0 Å². The van der Waals surface area contributed by atoms with Gasteiger partial charge in [-0.3, -0.25) is 5.10 Å². The summed E-state index contributed by atoms with van der Waals surface area (Å²) in [5.41, 5.74) is 0.840. The number of aryl methyl sites for hydroxylation is 1. The van der Waals surface area contributed by atoms with Crippen molar-refractivity contribution in [2.45, 2.75) is 6.92 Å². The fourth-order valence-corrected chi connectivity index (χ4v) is 1.62. The van der Waals surface area contributed by atoms with Crippen molar-refractivity contribution >= 4 is 30.0 Å². The Labute approximate surface area is 103 Å². The summed E-state index contributed by atoms with van der Waals surface area (Å²) in [5.74, 6) is 0.702. The van der Waals surface area contributed by atoms with Crippen molar-refractivity contribution in [1.29, 1.82) is 0 Å². The van der Waals surface area contributed by atoms with E-state index in [0.29, 0.717) is 15.6 Å². The maximum absolute atomic E-state index is 5.99. The largest absolute Gasteiger partial charge is 0.250 e. The van der Waals surface area contributed by atoms with Crippen molar-refractivity contribution in [3.63, 3.8) is 0 Å². The number of aromatic nitrogens is 3. The lowest BCUT2D eigenvalue weighted by Crippen LogP contribution is -1.94. The summed E-state index contributed by atoms with van der Waals surface area (Å²) < 4.78 is 2.00. The van der Waals surface area contributed by atoms with Crippen LogP contribution >= 0.6 is 23.8 Å². The third kappa shape index (κ3) is 2.20. The molecule has 1 N–H and O–H groups in total. The molecule has 16 heavy (non-hydrogen) atoms. The standard InChI is InChI=1S/C10H9ClN4S/c1-7-13-14-10(16)15(7)12-6-8-4-2-3-5-9(8)11/h2-6H,1H3,(H,14,16)/b12-6-. The monoisotopic (exact) mass is 252 g/mol. The van der Waals surface area contributed by atoms with Crippen molar-refractivity contribution in [3.8, 4) is 0 Å². The number of hydrogen-bond donors (Lipinski definition) is 1. The van der Waals surface area contributed by atoms with E-state index in [0.717, 1.165) is 5.56 Å². The molecule has 4 nitrogen and oxygen atoms in total. The molecule has 0 fully saturated rings. The highest BCUT2D eigenvalue weighted by Crippen LogP contribution is 2.12. The average Bonchev–Trinajstić information content (AvgIpc) is 2.58. The van der Waals surface area contributed by atoms with Gasteiger partial charge in [0.2, 0.25) is 4.77 Å². The molecule has 0 unspecified atom stereocenters. The first-order valence-electron chi connectivity index (χ1n) is 4.61. The first kappa shape index (κ1) is 11.0. The molecule has 1 heterocycles. The van der Waals surface area contributed by atoms with Crippen molar-refractivity contribution in [2.24, 2.45) is 5.10 Å². The van der Waals surface area contributed by atoms with Crippen molar-refractivity contribution in [3.05, 3.63) is 45.4 Å². The maximum Gasteiger partial charge on any atom is 0.216 e. The molecule has 0 aliphatic heterocycles. The quantitative estimate of drug-likeness (QED) is 0.660. The van der Waals surface area contributed by atoms with Gasteiger partial charge in [-0.1, -0.05) is 29.8 Å². The van der Waals surface area contributed by atoms with E-state index >= 15 is 0 Å². The van der Waals surface area contributed by atoms with Gasteiger partial charge in [0.1, 0.15) is 5.82 Å². The van der Waals surface area contributed by atoms with E-state index in [-0.39, 0.29) is 0 Å². The van der Waals surface area contributed by atoms with E-state index in [1.54, 1.807) is 10.9 Å². The van der Waals surface area contributed by atoms with Crippen LogP contribution < -0.4 is 0 Å². The first-order chi connectivity index (χ1) is 7.68. The van der Waals surface area contributed by atoms with E-state index < -0.39 is 0 Å². The van der Waals surface area contributed by atoms with Gasteiger partial charge in [-0.15, -0.1) is 0 Å². The van der Waals surface area contributed by atoms with Gasteiger partial charge in [0.05, 0.1) is 6.21 Å². The fourth-order valence-electron chi connectivity index (χ4n) is 1.21. The van der Waals surface area contributed by atoms with Gasteiger partial charge in [-0.25, -0.2) is 0 Å². The molecule has 1 aromatic heterocycles. The zero-order valence-corrected chi connectivity index (χ0v) is 10.1. The molecule has 2 rings (SSSR count). The van der Waals surface area contributed by atoms with E-state index in [1.807, 2.05) is 31.2 Å². The Balaban J connectivity index is 2.36. The van der Waals surface area contributed by atoms with Crippen LogP contribution in [0.15, 0.2) is 29.4 Å². The molecule has 0 spiro atoms. The van der Waals surface area contributed by atoms with Crippen LogP contribution in [0.25, 0.3) is 0 Å². The van der Waals surface area contributed by atoms with E-state index in [4.69, 9.17) is 23.8 Å². The lowest BCUT2D eigenvalue weighted by molar-refractivity contribution is 0.821. The van der Waals surface area contributed by atoms with Crippen LogP contribution in [0.5, 0.6) is 0 Å². The SMILES string of the molecule is Cc1n[nH]c(=S)n1/N=C\c1ccccc1Cl. The zero-order chi connectivity index (χ0) is 11.5. The van der Waals surface area contributed by atoms with Gasteiger partial charge in [-0.05, 0) is 25.2 Å². The zero-order valence-electron chi connectivity index (χ0n) is 8.51. The van der Waals surface area contributed by atoms with E-state index in [9.17, 15) is 0 Å². The van der Waals surface area contributed by atoms with Crippen LogP contribution in [0.3, 0.4) is 0 Å². The maximum atomic E-state index is 5.99. The van der Waals surface area contributed by atoms with Crippen LogP contribution in [0.2, 0.25) is 5.02 Å². The second kappa shape index (κ2) is 4.59. The molecule has 0 atom stereocenters. The van der Waals surface area contributed by atoms with E-state index in [2.05, 4.69) is 15.3 Å². The van der Waals surface area contributed by atoms with Gasteiger partial charge in [0.25, 0.3) is 0 Å². The summed E-state index contributed by atoms with van der Waals surface area (Å²) in [4.78, 5) is 0. The minimum Gasteiger partial charge on any atom is -0.250 e. The number of aromatic amines is 1. The summed E-state index contributed by atoms with van der Waals surface area (Å²) in [6, 6.07) is 7.46. The normalized spacial score (nSPS) is 11.1. The summed E-state index contributed by atoms with van der Waals surface area (Å²) in [5, 5.41) is 11.5. The van der Waals surface area contributed by atoms with Crippen LogP contribution in [0.4, 0.5) is 0 Å². The summed E-state index contributed by atoms with van der Waals surface area (Å²) >= 11 is 11.0. The molecule has 0 saturated carbocycles. The molecule has 2 aromatic rings. The molecule has 0 amide bonds. The Kier molecular flexibility index (Phi) is 3.17. The highest BCUT2D eigenvalue weighted by Gasteiger charge is 1.98. The predicted octanol–water partition coefficient (Wildman–Crippen LogP) is 2.78. The van der Waals surface area contributed by atoms with Crippen LogP contribution in [0, 0.1) is 11.7 Å². The number of nitrogens with one attached hydrogen (secondary N) is 1. The third-order valence-electron chi connectivity index (χ3n) is 2.03. The van der Waals surface area contributed by atoms with Gasteiger partial charge in [-0.2, -0.15) is 14.9 Å². The van der Waals surface area contributed by atoms with Crippen molar-refractivity contribution in [1.82, 2.24) is 14.9 Å². The highest BCUT2D eigenvalue weighted by molar-refractivity contribution is 7.71. The average molecular weight is 253 g/mol. The molecule has 0 aliphatic carbocycles. The molecule has 1 aromatic carbocycles. The first-order valence-corrected chi connectivity index (χ1v) is 5.40. The minimum absolute atomic E-state index is 0.459. The molecule has 0 radical (unpaired) electrons. The van der Waals surface area contributed by atoms with Gasteiger partial charge in [0, 0.05) is 10.6 Å². The number of hydrogen-bond acceptors (Lipinski definition) is 3. The number of halogens is 1. The second-order valence-electron chi connectivity index (χ2n) is 3.15. The third-order valence-corrected chi connectivity index (χ3v) is 2.64. The van der Waals surface area contributed by atoms with Crippen LogP contribution in [0.1, 0.15) is 11.4 Å². The lowest BCUT2D eigenvalue weighted by atomic mass is 10.2. The Morgan fingerprint density at radius 3 is 2.88 bits per heavy atom. The molecule has 82 valence electrons. The predicted molar refractivity (Wildman–Crippen MR) is 66.6 cm³/mol. The second-order valence-corrected chi connectivity index (χ2v) is 3.95. The van der Waals surface area contributed by atoms with Gasteiger partial charge >= 0.3 is 0 Å². The number of H-pyrrole nitrogens is 1. The molecule has 0 bridgehead atoms. The Morgan fingerprint density at radius 1 is 1.50 bits per heavy atom. The molecule has 0 aliphatic rings. The molecule has 6 heteroatoms. The number of nitrogens with zero attached hydrogens (tertiary/aromatic N) is 3. The lowest BCUT2D eigenvalue weighted by Gasteiger charge is -1.97. The smallest absolute Gasteiger partial charge is 0.216 e. The molecule has 0 saturated heterocycles. The highest BCUT2D eigenvalue weighted by atomic mass is 35.5. The fraction of sp³-hybridized carbons (Fsp3) is 0.100. The molecular weight excluding hydrogens is 244 g/mol. The Hall–Kier alpha value is -1.46.